The lowest BCUT2D eigenvalue weighted by atomic mass is 10.7. The minimum atomic E-state index is -3.94. The van der Waals surface area contributed by atoms with Crippen LogP contribution in [0.15, 0.2) is 0 Å². The fraction of sp³-hybridized carbons (Fsp3) is 1.00. The Morgan fingerprint density at radius 3 is 1.75 bits per heavy atom. The molecule has 0 atom stereocenters. The van der Waals surface area contributed by atoms with Crippen LogP contribution in [0.1, 0.15) is 0 Å². The normalized spacial score (nSPS) is 11.9. The third kappa shape index (κ3) is 14.0. The van der Waals surface area contributed by atoms with Crippen LogP contribution in [-0.2, 0) is 18.8 Å². The Kier molecular flexibility index (Phi) is 10.2. The van der Waals surface area contributed by atoms with E-state index in [0.717, 1.165) is 0 Å². The second-order valence-corrected chi connectivity index (χ2v) is 4.79. The molecule has 0 amide bonds. The molecule has 0 rings (SSSR count). The van der Waals surface area contributed by atoms with Gasteiger partial charge in [-0.3, -0.25) is 4.57 Å². The Balaban J connectivity index is 3.02. The minimum absolute atomic E-state index is 0.0390. The predicted octanol–water partition coefficient (Wildman–Crippen LogP) is -0.827. The maximum Gasteiger partial charge on any atom is 0.327 e. The fourth-order valence-corrected chi connectivity index (χ4v) is 1.18. The van der Waals surface area contributed by atoms with E-state index >= 15 is 0 Å². The van der Waals surface area contributed by atoms with Crippen LogP contribution >= 0.6 is 7.60 Å². The van der Waals surface area contributed by atoms with Gasteiger partial charge in [0.1, 0.15) is 0 Å². The summed E-state index contributed by atoms with van der Waals surface area (Å²) in [6.07, 6.45) is -0.257. The van der Waals surface area contributed by atoms with E-state index in [1.165, 1.54) is 0 Å². The smallest absolute Gasteiger partial charge is 0.327 e. The van der Waals surface area contributed by atoms with Crippen molar-refractivity contribution < 1.29 is 28.6 Å². The van der Waals surface area contributed by atoms with Crippen LogP contribution < -0.4 is 5.73 Å². The molecule has 0 aromatic rings. The highest BCUT2D eigenvalue weighted by atomic mass is 31.2. The highest BCUT2D eigenvalue weighted by molar-refractivity contribution is 7.51. The largest absolute Gasteiger partial charge is 0.378 e. The summed E-state index contributed by atoms with van der Waals surface area (Å²) in [7, 11) is -3.94. The lowest BCUT2D eigenvalue weighted by Gasteiger charge is -2.06. The first-order valence-corrected chi connectivity index (χ1v) is 6.84. The Hall–Kier alpha value is -0.0100. The third-order valence-corrected chi connectivity index (χ3v) is 2.30. The van der Waals surface area contributed by atoms with Crippen molar-refractivity contribution in [2.75, 3.05) is 52.3 Å². The van der Waals surface area contributed by atoms with Gasteiger partial charge in [-0.1, -0.05) is 0 Å². The van der Waals surface area contributed by atoms with E-state index in [1.807, 2.05) is 0 Å². The van der Waals surface area contributed by atoms with Crippen LogP contribution in [0.4, 0.5) is 0 Å². The Morgan fingerprint density at radius 1 is 0.875 bits per heavy atom. The molecule has 0 aliphatic carbocycles. The SMILES string of the molecule is NCCOCCOCCOCCP(=O)(O)O. The number of hydrogen-bond acceptors (Lipinski definition) is 5. The summed E-state index contributed by atoms with van der Waals surface area (Å²) in [5.41, 5.74) is 5.21. The fourth-order valence-electron chi connectivity index (χ4n) is 0.809. The maximum atomic E-state index is 10.4. The summed E-state index contributed by atoms with van der Waals surface area (Å²) in [4.78, 5) is 17.0. The van der Waals surface area contributed by atoms with Gasteiger partial charge in [-0.05, 0) is 0 Å². The molecule has 0 heterocycles. The highest BCUT2D eigenvalue weighted by Crippen LogP contribution is 2.33. The number of hydrogen-bond donors (Lipinski definition) is 3. The van der Waals surface area contributed by atoms with E-state index in [2.05, 4.69) is 0 Å². The monoisotopic (exact) mass is 257 g/mol. The van der Waals surface area contributed by atoms with Gasteiger partial charge in [0.05, 0.1) is 45.8 Å². The van der Waals surface area contributed by atoms with E-state index in [9.17, 15) is 4.57 Å². The van der Waals surface area contributed by atoms with Gasteiger partial charge in [0.2, 0.25) is 0 Å². The molecule has 0 radical (unpaired) electrons. The average Bonchev–Trinajstić information content (AvgIpc) is 2.19. The van der Waals surface area contributed by atoms with Crippen molar-refractivity contribution in [2.45, 2.75) is 0 Å². The molecule has 4 N–H and O–H groups in total. The van der Waals surface area contributed by atoms with Crippen LogP contribution in [0.2, 0.25) is 0 Å². The molecule has 0 aromatic heterocycles. The second-order valence-electron chi connectivity index (χ2n) is 3.01. The molecular formula is C8H20NO6P. The summed E-state index contributed by atoms with van der Waals surface area (Å²) in [6, 6.07) is 0. The average molecular weight is 257 g/mol. The van der Waals surface area contributed by atoms with Gasteiger partial charge in [-0.15, -0.1) is 0 Å². The zero-order valence-electron chi connectivity index (χ0n) is 9.21. The van der Waals surface area contributed by atoms with Gasteiger partial charge in [-0.25, -0.2) is 0 Å². The molecule has 16 heavy (non-hydrogen) atoms. The van der Waals surface area contributed by atoms with E-state index in [4.69, 9.17) is 29.7 Å². The molecule has 0 aliphatic heterocycles. The van der Waals surface area contributed by atoms with Crippen molar-refractivity contribution in [3.63, 3.8) is 0 Å². The summed E-state index contributed by atoms with van der Waals surface area (Å²) in [6.45, 7) is 2.69. The Bertz CT molecular complexity index is 197. The molecule has 0 unspecified atom stereocenters. The van der Waals surface area contributed by atoms with Crippen molar-refractivity contribution in [3.8, 4) is 0 Å². The van der Waals surface area contributed by atoms with Crippen LogP contribution in [0.3, 0.4) is 0 Å². The Labute approximate surface area is 95.0 Å². The lowest BCUT2D eigenvalue weighted by Crippen LogP contribution is -2.14. The van der Waals surface area contributed by atoms with E-state index < -0.39 is 7.60 Å². The second kappa shape index (κ2) is 10.2. The summed E-state index contributed by atoms with van der Waals surface area (Å²) >= 11 is 0. The first-order chi connectivity index (χ1) is 7.56. The van der Waals surface area contributed by atoms with Crippen LogP contribution in [0.5, 0.6) is 0 Å². The van der Waals surface area contributed by atoms with Gasteiger partial charge in [0.25, 0.3) is 0 Å². The van der Waals surface area contributed by atoms with Crippen molar-refractivity contribution >= 4 is 7.60 Å². The molecule has 0 bridgehead atoms. The molecular weight excluding hydrogens is 237 g/mol. The first-order valence-electron chi connectivity index (χ1n) is 5.04. The maximum absolute atomic E-state index is 10.4. The third-order valence-electron chi connectivity index (χ3n) is 1.53. The van der Waals surface area contributed by atoms with Gasteiger partial charge in [0.15, 0.2) is 0 Å². The summed E-state index contributed by atoms with van der Waals surface area (Å²) < 4.78 is 25.6. The summed E-state index contributed by atoms with van der Waals surface area (Å²) in [5.74, 6) is 0. The predicted molar refractivity (Wildman–Crippen MR) is 58.4 cm³/mol. The first kappa shape index (κ1) is 16.0. The van der Waals surface area contributed by atoms with E-state index in [1.54, 1.807) is 0 Å². The molecule has 8 heteroatoms. The van der Waals surface area contributed by atoms with Gasteiger partial charge in [0, 0.05) is 6.54 Å². The Morgan fingerprint density at radius 2 is 1.31 bits per heavy atom. The topological polar surface area (TPSA) is 111 Å². The number of rotatable bonds is 11. The van der Waals surface area contributed by atoms with Crippen LogP contribution in [0, 0.1) is 0 Å². The lowest BCUT2D eigenvalue weighted by molar-refractivity contribution is 0.0184. The van der Waals surface area contributed by atoms with Gasteiger partial charge < -0.3 is 29.7 Å². The standard InChI is InChI=1S/C8H20NO6P/c9-1-2-13-3-4-14-5-6-15-7-8-16(10,11)12/h1-9H2,(H2,10,11,12). The molecule has 0 fully saturated rings. The van der Waals surface area contributed by atoms with Crippen molar-refractivity contribution in [1.82, 2.24) is 0 Å². The van der Waals surface area contributed by atoms with Gasteiger partial charge in [-0.2, -0.15) is 0 Å². The molecule has 7 nitrogen and oxygen atoms in total. The summed E-state index contributed by atoms with van der Waals surface area (Å²) in [5, 5.41) is 0. The van der Waals surface area contributed by atoms with Crippen LogP contribution in [0.25, 0.3) is 0 Å². The molecule has 98 valence electrons. The van der Waals surface area contributed by atoms with Crippen LogP contribution in [-0.4, -0.2) is 62.1 Å². The molecule has 0 spiro atoms. The van der Waals surface area contributed by atoms with Crippen molar-refractivity contribution in [1.29, 1.82) is 0 Å². The zero-order chi connectivity index (χ0) is 12.3. The van der Waals surface area contributed by atoms with Gasteiger partial charge >= 0.3 is 7.60 Å². The molecule has 0 aromatic carbocycles. The van der Waals surface area contributed by atoms with E-state index in [-0.39, 0.29) is 12.8 Å². The zero-order valence-corrected chi connectivity index (χ0v) is 10.1. The quantitative estimate of drug-likeness (QED) is 0.327. The molecule has 0 saturated carbocycles. The van der Waals surface area contributed by atoms with Crippen molar-refractivity contribution in [2.24, 2.45) is 5.73 Å². The van der Waals surface area contributed by atoms with Crippen molar-refractivity contribution in [3.05, 3.63) is 0 Å². The molecule has 0 saturated heterocycles. The number of ether oxygens (including phenoxy) is 3. The molecule has 0 aliphatic rings. The minimum Gasteiger partial charge on any atom is -0.378 e. The van der Waals surface area contributed by atoms with E-state index in [0.29, 0.717) is 39.6 Å². The highest BCUT2D eigenvalue weighted by Gasteiger charge is 2.11. The number of nitrogens with two attached hydrogens (primary N) is 1.